The monoisotopic (exact) mass is 350 g/mol. The minimum absolute atomic E-state index is 0.0393. The van der Waals surface area contributed by atoms with Crippen LogP contribution in [0.1, 0.15) is 50.5 Å². The molecule has 0 bridgehead atoms. The molecule has 0 saturated heterocycles. The Hall–Kier alpha value is -1.99. The lowest BCUT2D eigenvalue weighted by molar-refractivity contribution is 0.114. The number of halogens is 1. The van der Waals surface area contributed by atoms with Crippen molar-refractivity contribution in [2.75, 3.05) is 5.73 Å². The summed E-state index contributed by atoms with van der Waals surface area (Å²) < 4.78 is 19.2. The molecule has 0 saturated carbocycles. The summed E-state index contributed by atoms with van der Waals surface area (Å²) in [6.45, 7) is 3.04. The fraction of sp³-hybridized carbons (Fsp3) is 0.556. The Morgan fingerprint density at radius 2 is 1.92 bits per heavy atom. The summed E-state index contributed by atoms with van der Waals surface area (Å²) in [5.41, 5.74) is 11.4. The zero-order chi connectivity index (χ0) is 18.4. The van der Waals surface area contributed by atoms with Crippen LogP contribution >= 0.6 is 0 Å². The third kappa shape index (κ3) is 6.43. The van der Waals surface area contributed by atoms with Gasteiger partial charge in [-0.15, -0.1) is 5.10 Å². The summed E-state index contributed by atoms with van der Waals surface area (Å²) in [5.74, 6) is 0.0179. The molecule has 1 heterocycles. The molecule has 0 spiro atoms. The SMILES string of the molecule is CC(C)(F)CCC(CC(O)C(N)Cc1ccccc1)c1nnc(N)o1. The van der Waals surface area contributed by atoms with E-state index in [1.54, 1.807) is 0 Å². The number of alkyl halides is 1. The van der Waals surface area contributed by atoms with Crippen molar-refractivity contribution in [2.24, 2.45) is 5.73 Å². The van der Waals surface area contributed by atoms with Gasteiger partial charge in [0.25, 0.3) is 0 Å². The van der Waals surface area contributed by atoms with Gasteiger partial charge in [0.1, 0.15) is 5.67 Å². The number of aliphatic hydroxyl groups is 1. The fourth-order valence-electron chi connectivity index (χ4n) is 2.76. The molecule has 5 N–H and O–H groups in total. The van der Waals surface area contributed by atoms with Gasteiger partial charge in [0, 0.05) is 12.0 Å². The normalized spacial score (nSPS) is 15.7. The molecule has 1 aromatic carbocycles. The molecular weight excluding hydrogens is 323 g/mol. The van der Waals surface area contributed by atoms with Crippen LogP contribution in [0.15, 0.2) is 34.7 Å². The van der Waals surface area contributed by atoms with E-state index in [0.29, 0.717) is 31.6 Å². The maximum absolute atomic E-state index is 13.9. The predicted molar refractivity (Wildman–Crippen MR) is 94.6 cm³/mol. The molecule has 7 heteroatoms. The molecule has 2 rings (SSSR count). The molecule has 138 valence electrons. The molecule has 0 aliphatic carbocycles. The van der Waals surface area contributed by atoms with E-state index in [9.17, 15) is 9.50 Å². The lowest BCUT2D eigenvalue weighted by Gasteiger charge is -2.24. The molecule has 0 fully saturated rings. The molecule has 3 unspecified atom stereocenters. The summed E-state index contributed by atoms with van der Waals surface area (Å²) in [7, 11) is 0. The summed E-state index contributed by atoms with van der Waals surface area (Å²) in [5, 5.41) is 18.1. The van der Waals surface area contributed by atoms with Crippen LogP contribution in [-0.4, -0.2) is 33.1 Å². The number of anilines is 1. The average molecular weight is 350 g/mol. The highest BCUT2D eigenvalue weighted by Gasteiger charge is 2.28. The Labute approximate surface area is 147 Å². The highest BCUT2D eigenvalue weighted by molar-refractivity contribution is 5.16. The molecule has 25 heavy (non-hydrogen) atoms. The highest BCUT2D eigenvalue weighted by atomic mass is 19.1. The van der Waals surface area contributed by atoms with Gasteiger partial charge in [0.2, 0.25) is 5.89 Å². The molecule has 2 aromatic rings. The molecular formula is C18H27FN4O2. The minimum Gasteiger partial charge on any atom is -0.408 e. The topological polar surface area (TPSA) is 111 Å². The number of hydrogen-bond acceptors (Lipinski definition) is 6. The third-order valence-electron chi connectivity index (χ3n) is 4.23. The number of nitrogens with zero attached hydrogens (tertiary/aromatic N) is 2. The smallest absolute Gasteiger partial charge is 0.312 e. The lowest BCUT2D eigenvalue weighted by Crippen LogP contribution is -2.37. The van der Waals surface area contributed by atoms with E-state index in [2.05, 4.69) is 10.2 Å². The Morgan fingerprint density at radius 1 is 1.24 bits per heavy atom. The van der Waals surface area contributed by atoms with E-state index < -0.39 is 17.8 Å². The Kier molecular flexibility index (Phi) is 6.50. The standard InChI is InChI=1S/C18H27FN4O2/c1-18(2,19)9-8-13(16-22-23-17(21)25-16)11-15(24)14(20)10-12-6-4-3-5-7-12/h3-7,13-15,24H,8-11,20H2,1-2H3,(H2,21,23). The largest absolute Gasteiger partial charge is 0.408 e. The van der Waals surface area contributed by atoms with Crippen LogP contribution in [0, 0.1) is 0 Å². The first-order valence-electron chi connectivity index (χ1n) is 8.50. The second-order valence-electron chi connectivity index (χ2n) is 7.09. The number of aliphatic hydroxyl groups excluding tert-OH is 1. The summed E-state index contributed by atoms with van der Waals surface area (Å²) in [6.07, 6.45) is 0.850. The predicted octanol–water partition coefficient (Wildman–Crippen LogP) is 2.58. The Balaban J connectivity index is 2.01. The van der Waals surface area contributed by atoms with E-state index in [1.165, 1.54) is 13.8 Å². The minimum atomic E-state index is -1.32. The number of aromatic nitrogens is 2. The Bertz CT molecular complexity index is 642. The van der Waals surface area contributed by atoms with Crippen molar-refractivity contribution in [3.8, 4) is 0 Å². The van der Waals surface area contributed by atoms with Gasteiger partial charge in [-0.25, -0.2) is 4.39 Å². The molecule has 0 aliphatic rings. The van der Waals surface area contributed by atoms with Gasteiger partial charge in [0.05, 0.1) is 6.10 Å². The number of rotatable bonds is 9. The first-order valence-corrected chi connectivity index (χ1v) is 8.50. The summed E-state index contributed by atoms with van der Waals surface area (Å²) in [6, 6.07) is 9.25. The van der Waals surface area contributed by atoms with E-state index >= 15 is 0 Å². The highest BCUT2D eigenvalue weighted by Crippen LogP contribution is 2.30. The van der Waals surface area contributed by atoms with Crippen LogP contribution in [0.5, 0.6) is 0 Å². The quantitative estimate of drug-likeness (QED) is 0.641. The summed E-state index contributed by atoms with van der Waals surface area (Å²) in [4.78, 5) is 0. The maximum atomic E-state index is 13.9. The number of nitrogen functional groups attached to an aromatic ring is 1. The first kappa shape index (κ1) is 19.3. The number of nitrogens with two attached hydrogens (primary N) is 2. The fourth-order valence-corrected chi connectivity index (χ4v) is 2.76. The van der Waals surface area contributed by atoms with Gasteiger partial charge < -0.3 is 21.0 Å². The van der Waals surface area contributed by atoms with Crippen LogP contribution < -0.4 is 11.5 Å². The zero-order valence-corrected chi connectivity index (χ0v) is 14.7. The molecule has 6 nitrogen and oxygen atoms in total. The maximum Gasteiger partial charge on any atom is 0.312 e. The number of hydrogen-bond donors (Lipinski definition) is 3. The van der Waals surface area contributed by atoms with Gasteiger partial charge in [0.15, 0.2) is 0 Å². The third-order valence-corrected chi connectivity index (χ3v) is 4.23. The van der Waals surface area contributed by atoms with Crippen molar-refractivity contribution < 1.29 is 13.9 Å². The van der Waals surface area contributed by atoms with Crippen LogP contribution in [-0.2, 0) is 6.42 Å². The first-order chi connectivity index (χ1) is 11.7. The van der Waals surface area contributed by atoms with Crippen LogP contribution in [0.3, 0.4) is 0 Å². The van der Waals surface area contributed by atoms with Gasteiger partial charge in [-0.3, -0.25) is 0 Å². The van der Waals surface area contributed by atoms with Gasteiger partial charge in [-0.1, -0.05) is 35.4 Å². The van der Waals surface area contributed by atoms with Crippen molar-refractivity contribution in [3.63, 3.8) is 0 Å². The molecule has 0 amide bonds. The van der Waals surface area contributed by atoms with E-state index in [-0.39, 0.29) is 11.9 Å². The van der Waals surface area contributed by atoms with Crippen molar-refractivity contribution in [1.82, 2.24) is 10.2 Å². The molecule has 0 aliphatic heterocycles. The van der Waals surface area contributed by atoms with Crippen LogP contribution in [0.25, 0.3) is 0 Å². The van der Waals surface area contributed by atoms with E-state index in [1.807, 2.05) is 30.3 Å². The zero-order valence-electron chi connectivity index (χ0n) is 14.7. The van der Waals surface area contributed by atoms with Gasteiger partial charge in [-0.2, -0.15) is 0 Å². The van der Waals surface area contributed by atoms with E-state index in [0.717, 1.165) is 5.56 Å². The number of benzene rings is 1. The van der Waals surface area contributed by atoms with Gasteiger partial charge >= 0.3 is 6.01 Å². The summed E-state index contributed by atoms with van der Waals surface area (Å²) >= 11 is 0. The molecule has 1 aromatic heterocycles. The van der Waals surface area contributed by atoms with E-state index in [4.69, 9.17) is 15.9 Å². The second-order valence-corrected chi connectivity index (χ2v) is 7.09. The van der Waals surface area contributed by atoms with Crippen LogP contribution in [0.4, 0.5) is 10.4 Å². The van der Waals surface area contributed by atoms with Crippen molar-refractivity contribution in [3.05, 3.63) is 41.8 Å². The molecule has 0 radical (unpaired) electrons. The van der Waals surface area contributed by atoms with Crippen molar-refractivity contribution in [2.45, 2.75) is 63.3 Å². The Morgan fingerprint density at radius 3 is 2.48 bits per heavy atom. The van der Waals surface area contributed by atoms with Gasteiger partial charge in [-0.05, 0) is 45.1 Å². The average Bonchev–Trinajstić information content (AvgIpc) is 2.97. The van der Waals surface area contributed by atoms with Crippen LogP contribution in [0.2, 0.25) is 0 Å². The van der Waals surface area contributed by atoms with Crippen molar-refractivity contribution in [1.29, 1.82) is 0 Å². The lowest BCUT2D eigenvalue weighted by atomic mass is 9.88. The second kappa shape index (κ2) is 8.40. The molecule has 3 atom stereocenters. The van der Waals surface area contributed by atoms with Crippen molar-refractivity contribution >= 4 is 6.01 Å².